The van der Waals surface area contributed by atoms with E-state index >= 15 is 0 Å². The van der Waals surface area contributed by atoms with E-state index in [1.807, 2.05) is 36.4 Å². The molecule has 0 saturated heterocycles. The summed E-state index contributed by atoms with van der Waals surface area (Å²) in [5.74, 6) is 0. The van der Waals surface area contributed by atoms with E-state index in [2.05, 4.69) is 4.98 Å². The Labute approximate surface area is 374 Å². The van der Waals surface area contributed by atoms with Gasteiger partial charge in [-0.3, -0.25) is 4.98 Å². The van der Waals surface area contributed by atoms with Crippen LogP contribution in [0, 0.1) is 0 Å². The molecule has 0 amide bonds. The SMILES string of the molecule is [2H]c1c([2H])c([2H])c2c(-c3sc(-c4c([2H])c([2H])c([2H])c5c([2H])c([2H])c([2H])c([2H])c45)c(-c4c([2H])c([2H])c([2H])c5c([2H])c([2H])c([2H])c([2H])c45)c3-c3ccc(-c4ccc5ccc6cccnc6c5n4)c4ccccc34)c([2H])c([2H])c([2H])c2c1[2H]. The Bertz CT molecular complexity index is 4840. The van der Waals surface area contributed by atoms with Crippen molar-refractivity contribution in [1.29, 1.82) is 0 Å². The van der Waals surface area contributed by atoms with Crippen LogP contribution in [-0.2, 0) is 0 Å². The fraction of sp³-hybridized carbons (Fsp3) is 0. The van der Waals surface area contributed by atoms with E-state index in [9.17, 15) is 12.3 Å². The molecule has 0 bridgehead atoms. The van der Waals surface area contributed by atoms with Crippen molar-refractivity contribution in [1.82, 2.24) is 9.97 Å². The van der Waals surface area contributed by atoms with Crippen LogP contribution < -0.4 is 0 Å². The van der Waals surface area contributed by atoms with E-state index < -0.39 is 170 Å². The summed E-state index contributed by atoms with van der Waals surface area (Å²) in [6.07, 6.45) is 1.66. The van der Waals surface area contributed by atoms with Crippen LogP contribution in [0.25, 0.3) is 119 Å². The van der Waals surface area contributed by atoms with Crippen molar-refractivity contribution >= 4 is 76.2 Å². The van der Waals surface area contributed by atoms with Gasteiger partial charge in [-0.05, 0) is 66.3 Å². The molecule has 0 unspecified atom stereocenters. The lowest BCUT2D eigenvalue weighted by molar-refractivity contribution is 1.37. The lowest BCUT2D eigenvalue weighted by atomic mass is 9.85. The number of fused-ring (bicyclic) bond motifs is 7. The Kier molecular flexibility index (Phi) is 4.34. The van der Waals surface area contributed by atoms with Crippen LogP contribution in [0.5, 0.6) is 0 Å². The molecule has 0 N–H and O–H groups in total. The minimum Gasteiger partial charge on any atom is -0.254 e. The molecule has 0 aliphatic heterocycles. The van der Waals surface area contributed by atoms with Gasteiger partial charge in [0.15, 0.2) is 0 Å². The number of hydrogen-bond acceptors (Lipinski definition) is 3. The maximum atomic E-state index is 9.90. The number of nitrogens with zero attached hydrogens (tertiary/aromatic N) is 2. The minimum absolute atomic E-state index is 0.108. The third-order valence-electron chi connectivity index (χ3n) is 10.5. The smallest absolute Gasteiger partial charge is 0.0972 e. The Hall–Kier alpha value is -7.46. The van der Waals surface area contributed by atoms with Crippen LogP contribution in [-0.4, -0.2) is 9.97 Å². The summed E-state index contributed by atoms with van der Waals surface area (Å²) in [5.41, 5.74) is 0.745. The van der Waals surface area contributed by atoms with Crippen LogP contribution in [0.1, 0.15) is 28.8 Å². The highest BCUT2D eigenvalue weighted by Crippen LogP contribution is 2.56. The molecule has 0 saturated carbocycles. The quantitative estimate of drug-likeness (QED) is 0.162. The van der Waals surface area contributed by atoms with Crippen LogP contribution in [0.4, 0.5) is 0 Å². The molecule has 0 radical (unpaired) electrons. The van der Waals surface area contributed by atoms with Gasteiger partial charge in [0.25, 0.3) is 0 Å². The van der Waals surface area contributed by atoms with Gasteiger partial charge in [0.2, 0.25) is 0 Å². The van der Waals surface area contributed by atoms with Crippen molar-refractivity contribution in [2.24, 2.45) is 0 Å². The molecule has 12 aromatic rings. The molecule has 0 aliphatic carbocycles. The highest BCUT2D eigenvalue weighted by atomic mass is 32.1. The van der Waals surface area contributed by atoms with Gasteiger partial charge < -0.3 is 0 Å². The van der Waals surface area contributed by atoms with Crippen molar-refractivity contribution in [3.8, 4) is 54.4 Å². The van der Waals surface area contributed by atoms with E-state index in [1.54, 1.807) is 42.6 Å². The molecule has 2 nitrogen and oxygen atoms in total. The number of thiophene rings is 1. The number of benzene rings is 9. The molecule has 0 fully saturated rings. The molecule has 59 heavy (non-hydrogen) atoms. The average molecular weight is 788 g/mol. The Balaban J connectivity index is 1.38. The Morgan fingerprint density at radius 3 is 1.49 bits per heavy atom. The third kappa shape index (κ3) is 5.40. The molecule has 9 aromatic carbocycles. The van der Waals surface area contributed by atoms with E-state index in [0.717, 1.165) is 10.8 Å². The minimum atomic E-state index is -0.833. The molecule has 0 atom stereocenters. The van der Waals surface area contributed by atoms with Gasteiger partial charge in [0.05, 0.1) is 45.5 Å². The van der Waals surface area contributed by atoms with Gasteiger partial charge in [-0.25, -0.2) is 4.98 Å². The summed E-state index contributed by atoms with van der Waals surface area (Å²) in [4.78, 5) is 9.30. The first-order valence-electron chi connectivity index (χ1n) is 28.9. The molecule has 12 rings (SSSR count). The highest BCUT2D eigenvalue weighted by Gasteiger charge is 2.27. The van der Waals surface area contributed by atoms with Crippen LogP contribution in [0.2, 0.25) is 0 Å². The lowest BCUT2D eigenvalue weighted by Gasteiger charge is -2.17. The highest BCUT2D eigenvalue weighted by molar-refractivity contribution is 7.20. The van der Waals surface area contributed by atoms with Crippen molar-refractivity contribution in [3.63, 3.8) is 0 Å². The largest absolute Gasteiger partial charge is 0.254 e. The first-order chi connectivity index (χ1) is 38.0. The fourth-order valence-corrected chi connectivity index (χ4v) is 9.19. The van der Waals surface area contributed by atoms with Gasteiger partial charge >= 0.3 is 0 Å². The predicted molar refractivity (Wildman–Crippen MR) is 252 cm³/mol. The normalized spacial score (nSPS) is 16.7. The molecule has 274 valence electrons. The van der Waals surface area contributed by atoms with Crippen LogP contribution >= 0.6 is 11.3 Å². The van der Waals surface area contributed by atoms with Gasteiger partial charge in [0, 0.05) is 54.5 Å². The molecular weight excluding hydrogens is 733 g/mol. The molecular formula is C56H34N2S. The predicted octanol–water partition coefficient (Wildman–Crippen LogP) is 15.8. The van der Waals surface area contributed by atoms with Crippen molar-refractivity contribution in [2.45, 2.75) is 0 Å². The first-order valence-corrected chi connectivity index (χ1v) is 19.2. The zero-order chi connectivity index (χ0) is 57.1. The van der Waals surface area contributed by atoms with Gasteiger partial charge in [-0.2, -0.15) is 0 Å². The summed E-state index contributed by atoms with van der Waals surface area (Å²) in [5, 5.41) is -0.266. The molecule has 3 heterocycles. The first kappa shape index (κ1) is 18.9. The van der Waals surface area contributed by atoms with Gasteiger partial charge in [-0.15, -0.1) is 11.3 Å². The van der Waals surface area contributed by atoms with Crippen molar-refractivity contribution in [2.75, 3.05) is 0 Å². The van der Waals surface area contributed by atoms with E-state index in [0.29, 0.717) is 44.4 Å². The van der Waals surface area contributed by atoms with E-state index in [-0.39, 0.29) is 32.0 Å². The summed E-state index contributed by atoms with van der Waals surface area (Å²) in [6, 6.07) is 5.41. The second-order valence-electron chi connectivity index (χ2n) is 13.6. The summed E-state index contributed by atoms with van der Waals surface area (Å²) < 4.78 is 193. The van der Waals surface area contributed by atoms with Crippen LogP contribution in [0.15, 0.2) is 206 Å². The zero-order valence-electron chi connectivity index (χ0n) is 51.3. The van der Waals surface area contributed by atoms with E-state index in [1.165, 1.54) is 0 Å². The van der Waals surface area contributed by atoms with E-state index in [4.69, 9.17) is 21.4 Å². The summed E-state index contributed by atoms with van der Waals surface area (Å²) in [6.45, 7) is 0. The fourth-order valence-electron chi connectivity index (χ4n) is 7.86. The number of hydrogen-bond donors (Lipinski definition) is 0. The Morgan fingerprint density at radius 2 is 0.847 bits per heavy atom. The third-order valence-corrected chi connectivity index (χ3v) is 11.7. The van der Waals surface area contributed by atoms with Crippen LogP contribution in [0.3, 0.4) is 0 Å². The maximum absolute atomic E-state index is 9.90. The van der Waals surface area contributed by atoms with Crippen molar-refractivity contribution < 1.29 is 28.8 Å². The lowest BCUT2D eigenvalue weighted by Crippen LogP contribution is -1.93. The number of aromatic nitrogens is 2. The van der Waals surface area contributed by atoms with Gasteiger partial charge in [0.1, 0.15) is 0 Å². The second-order valence-corrected chi connectivity index (χ2v) is 14.6. The molecule has 0 spiro atoms. The molecule has 3 heteroatoms. The maximum Gasteiger partial charge on any atom is 0.0972 e. The van der Waals surface area contributed by atoms with Crippen molar-refractivity contribution in [3.05, 3.63) is 206 Å². The topological polar surface area (TPSA) is 25.8 Å². The number of pyridine rings is 2. The monoisotopic (exact) mass is 787 g/mol. The zero-order valence-corrected chi connectivity index (χ0v) is 31.1. The molecule has 0 aliphatic rings. The second kappa shape index (κ2) is 13.6. The molecule has 3 aromatic heterocycles. The van der Waals surface area contributed by atoms with Gasteiger partial charge in [-0.1, -0.05) is 188 Å². The summed E-state index contributed by atoms with van der Waals surface area (Å²) >= 11 is 0.638. The number of rotatable bonds is 5. The standard InChI is InChI=1S/C56H34N2S/c1-4-20-40-35(13-1)16-9-25-46(40)51-52(56(49-27-11-18-37-15-3-6-22-42(37)49)59-55(51)48-26-10-17-36-14-2-5-21-41(36)48)47-32-31-45(43-23-7-8-24-44(43)47)50-33-30-39-29-28-38-19-12-34-57-53(38)54(39)58-50/h1-34H/i1D,2D,3D,4D,5D,6D,9D,10D,11D,13D,14D,15D,16D,17D,18D,20D,21D,22D,25D,26D,27D. The average Bonchev–Trinajstić information content (AvgIpc) is 3.93. The Morgan fingerprint density at radius 1 is 0.356 bits per heavy atom. The summed E-state index contributed by atoms with van der Waals surface area (Å²) in [7, 11) is 0.